The Bertz CT molecular complexity index is 373. The second-order valence-corrected chi connectivity index (χ2v) is 5.29. The van der Waals surface area contributed by atoms with Gasteiger partial charge in [0.1, 0.15) is 0 Å². The lowest BCUT2D eigenvalue weighted by molar-refractivity contribution is -0.116. The van der Waals surface area contributed by atoms with E-state index in [0.717, 1.165) is 25.1 Å². The molecule has 0 aromatic heterocycles. The third kappa shape index (κ3) is 7.29. The third-order valence-electron chi connectivity index (χ3n) is 3.38. The maximum atomic E-state index is 11.8. The standard InChI is InChI=1S/C17H28N2O/c1-3-4-5-6-7-8-9-17(20)19-16-12-10-15(11-13-16)14-18-2/h10-13,18H,3-9,14H2,1-2H3,(H,19,20). The molecule has 0 unspecified atom stereocenters. The number of hydrogen-bond donors (Lipinski definition) is 2. The number of nitrogens with one attached hydrogen (secondary N) is 2. The van der Waals surface area contributed by atoms with Crippen LogP contribution in [0, 0.1) is 0 Å². The minimum absolute atomic E-state index is 0.127. The van der Waals surface area contributed by atoms with Crippen LogP contribution in [0.15, 0.2) is 24.3 Å². The van der Waals surface area contributed by atoms with E-state index in [1.165, 1.54) is 31.2 Å². The van der Waals surface area contributed by atoms with Crippen molar-refractivity contribution in [1.29, 1.82) is 0 Å². The van der Waals surface area contributed by atoms with Crippen LogP contribution in [0.2, 0.25) is 0 Å². The minimum Gasteiger partial charge on any atom is -0.326 e. The second-order valence-electron chi connectivity index (χ2n) is 5.29. The van der Waals surface area contributed by atoms with Crippen molar-refractivity contribution in [3.8, 4) is 0 Å². The van der Waals surface area contributed by atoms with Crippen molar-refractivity contribution in [1.82, 2.24) is 5.32 Å². The highest BCUT2D eigenvalue weighted by molar-refractivity contribution is 5.90. The van der Waals surface area contributed by atoms with Crippen molar-refractivity contribution in [2.45, 2.75) is 58.4 Å². The molecular weight excluding hydrogens is 248 g/mol. The SMILES string of the molecule is CCCCCCCCC(=O)Nc1ccc(CNC)cc1. The van der Waals surface area contributed by atoms with Gasteiger partial charge in [-0.3, -0.25) is 4.79 Å². The van der Waals surface area contributed by atoms with Crippen LogP contribution < -0.4 is 10.6 Å². The van der Waals surface area contributed by atoms with Gasteiger partial charge < -0.3 is 10.6 Å². The van der Waals surface area contributed by atoms with E-state index in [-0.39, 0.29) is 5.91 Å². The molecule has 0 aliphatic carbocycles. The topological polar surface area (TPSA) is 41.1 Å². The summed E-state index contributed by atoms with van der Waals surface area (Å²) in [6.07, 6.45) is 7.91. The number of benzene rings is 1. The Labute approximate surface area is 123 Å². The van der Waals surface area contributed by atoms with E-state index in [2.05, 4.69) is 17.6 Å². The number of carbonyl (C=O) groups is 1. The predicted molar refractivity (Wildman–Crippen MR) is 85.8 cm³/mol. The molecule has 0 aliphatic rings. The van der Waals surface area contributed by atoms with E-state index in [4.69, 9.17) is 0 Å². The molecule has 0 heterocycles. The van der Waals surface area contributed by atoms with Crippen LogP contribution in [0.4, 0.5) is 5.69 Å². The molecule has 112 valence electrons. The Morgan fingerprint density at radius 2 is 1.65 bits per heavy atom. The van der Waals surface area contributed by atoms with Crippen molar-refractivity contribution < 1.29 is 4.79 Å². The van der Waals surface area contributed by atoms with Gasteiger partial charge in [-0.2, -0.15) is 0 Å². The molecule has 0 spiro atoms. The van der Waals surface area contributed by atoms with Crippen molar-refractivity contribution in [3.63, 3.8) is 0 Å². The van der Waals surface area contributed by atoms with Crippen molar-refractivity contribution in [2.24, 2.45) is 0 Å². The molecule has 2 N–H and O–H groups in total. The van der Waals surface area contributed by atoms with Gasteiger partial charge in [0.15, 0.2) is 0 Å². The number of rotatable bonds is 10. The lowest BCUT2D eigenvalue weighted by Gasteiger charge is -2.06. The maximum absolute atomic E-state index is 11.8. The number of hydrogen-bond acceptors (Lipinski definition) is 2. The Morgan fingerprint density at radius 3 is 2.30 bits per heavy atom. The van der Waals surface area contributed by atoms with E-state index in [0.29, 0.717) is 6.42 Å². The molecule has 1 amide bonds. The summed E-state index contributed by atoms with van der Waals surface area (Å²) in [4.78, 5) is 11.8. The molecule has 0 bridgehead atoms. The van der Waals surface area contributed by atoms with Crippen LogP contribution in [-0.2, 0) is 11.3 Å². The minimum atomic E-state index is 0.127. The summed E-state index contributed by atoms with van der Waals surface area (Å²) in [6.45, 7) is 3.07. The first-order valence-electron chi connectivity index (χ1n) is 7.79. The van der Waals surface area contributed by atoms with Gasteiger partial charge in [-0.15, -0.1) is 0 Å². The molecule has 1 aromatic rings. The predicted octanol–water partition coefficient (Wildman–Crippen LogP) is 4.10. The summed E-state index contributed by atoms with van der Waals surface area (Å²) in [5.74, 6) is 0.127. The lowest BCUT2D eigenvalue weighted by Crippen LogP contribution is -2.11. The van der Waals surface area contributed by atoms with Gasteiger partial charge in [0, 0.05) is 18.7 Å². The Kier molecular flexibility index (Phi) is 8.72. The average Bonchev–Trinajstić information content (AvgIpc) is 2.45. The van der Waals surface area contributed by atoms with E-state index in [9.17, 15) is 4.79 Å². The molecule has 0 radical (unpaired) electrons. The van der Waals surface area contributed by atoms with Gasteiger partial charge in [-0.1, -0.05) is 51.2 Å². The Hall–Kier alpha value is -1.35. The van der Waals surface area contributed by atoms with Crippen LogP contribution in [0.5, 0.6) is 0 Å². The van der Waals surface area contributed by atoms with Crippen LogP contribution >= 0.6 is 0 Å². The number of carbonyl (C=O) groups excluding carboxylic acids is 1. The zero-order chi connectivity index (χ0) is 14.6. The van der Waals surface area contributed by atoms with Crippen LogP contribution in [0.25, 0.3) is 0 Å². The molecule has 0 atom stereocenters. The zero-order valence-corrected chi connectivity index (χ0v) is 12.9. The first-order chi connectivity index (χ1) is 9.76. The number of unbranched alkanes of at least 4 members (excludes halogenated alkanes) is 5. The lowest BCUT2D eigenvalue weighted by atomic mass is 10.1. The molecule has 1 rings (SSSR count). The molecule has 0 aliphatic heterocycles. The van der Waals surface area contributed by atoms with Crippen LogP contribution in [-0.4, -0.2) is 13.0 Å². The molecular formula is C17H28N2O. The molecule has 0 saturated heterocycles. The van der Waals surface area contributed by atoms with Gasteiger partial charge in [0.05, 0.1) is 0 Å². The largest absolute Gasteiger partial charge is 0.326 e. The quantitative estimate of drug-likeness (QED) is 0.632. The fourth-order valence-corrected chi connectivity index (χ4v) is 2.20. The average molecular weight is 276 g/mol. The summed E-state index contributed by atoms with van der Waals surface area (Å²) in [6, 6.07) is 8.01. The summed E-state index contributed by atoms with van der Waals surface area (Å²) in [5.41, 5.74) is 2.11. The second kappa shape index (κ2) is 10.4. The van der Waals surface area contributed by atoms with Crippen molar-refractivity contribution in [3.05, 3.63) is 29.8 Å². The van der Waals surface area contributed by atoms with E-state index < -0.39 is 0 Å². The zero-order valence-electron chi connectivity index (χ0n) is 12.9. The van der Waals surface area contributed by atoms with E-state index in [1.54, 1.807) is 0 Å². The molecule has 1 aromatic carbocycles. The summed E-state index contributed by atoms with van der Waals surface area (Å²) < 4.78 is 0. The molecule has 3 heteroatoms. The van der Waals surface area contributed by atoms with E-state index >= 15 is 0 Å². The molecule has 0 saturated carbocycles. The Balaban J connectivity index is 2.18. The van der Waals surface area contributed by atoms with Crippen molar-refractivity contribution >= 4 is 11.6 Å². The van der Waals surface area contributed by atoms with Gasteiger partial charge in [0.25, 0.3) is 0 Å². The third-order valence-corrected chi connectivity index (χ3v) is 3.38. The fourth-order valence-electron chi connectivity index (χ4n) is 2.20. The highest BCUT2D eigenvalue weighted by Gasteiger charge is 2.02. The smallest absolute Gasteiger partial charge is 0.224 e. The summed E-state index contributed by atoms with van der Waals surface area (Å²) in [5, 5.41) is 6.06. The Morgan fingerprint density at radius 1 is 1.00 bits per heavy atom. The van der Waals surface area contributed by atoms with Gasteiger partial charge in [0.2, 0.25) is 5.91 Å². The summed E-state index contributed by atoms with van der Waals surface area (Å²) in [7, 11) is 1.93. The monoisotopic (exact) mass is 276 g/mol. The first kappa shape index (κ1) is 16.7. The van der Waals surface area contributed by atoms with Gasteiger partial charge in [-0.05, 0) is 31.2 Å². The van der Waals surface area contributed by atoms with Gasteiger partial charge in [-0.25, -0.2) is 0 Å². The highest BCUT2D eigenvalue weighted by atomic mass is 16.1. The number of amides is 1. The van der Waals surface area contributed by atoms with E-state index in [1.807, 2.05) is 31.3 Å². The molecule has 0 fully saturated rings. The van der Waals surface area contributed by atoms with Crippen LogP contribution in [0.3, 0.4) is 0 Å². The molecule has 3 nitrogen and oxygen atoms in total. The van der Waals surface area contributed by atoms with Gasteiger partial charge >= 0.3 is 0 Å². The normalized spacial score (nSPS) is 10.5. The maximum Gasteiger partial charge on any atom is 0.224 e. The highest BCUT2D eigenvalue weighted by Crippen LogP contribution is 2.11. The summed E-state index contributed by atoms with van der Waals surface area (Å²) >= 11 is 0. The molecule has 20 heavy (non-hydrogen) atoms. The van der Waals surface area contributed by atoms with Crippen LogP contribution in [0.1, 0.15) is 57.4 Å². The fraction of sp³-hybridized carbons (Fsp3) is 0.588. The van der Waals surface area contributed by atoms with Crippen molar-refractivity contribution in [2.75, 3.05) is 12.4 Å². The first-order valence-corrected chi connectivity index (χ1v) is 7.79. The number of anilines is 1.